The van der Waals surface area contributed by atoms with Crippen molar-refractivity contribution >= 4 is 17.7 Å². The summed E-state index contributed by atoms with van der Waals surface area (Å²) in [5.74, 6) is -0.526. The second-order valence-corrected chi connectivity index (χ2v) is 7.29. The van der Waals surface area contributed by atoms with Crippen LogP contribution >= 0.6 is 0 Å². The summed E-state index contributed by atoms with van der Waals surface area (Å²) in [6.07, 6.45) is -4.37. The molecule has 0 radical (unpaired) electrons. The van der Waals surface area contributed by atoms with Crippen molar-refractivity contribution in [3.8, 4) is 0 Å². The van der Waals surface area contributed by atoms with E-state index in [9.17, 15) is 18.0 Å². The Hall–Kier alpha value is -2.06. The molecule has 0 aromatic carbocycles. The average Bonchev–Trinajstić information content (AvgIpc) is 2.51. The quantitative estimate of drug-likeness (QED) is 0.879. The van der Waals surface area contributed by atoms with Crippen LogP contribution in [-0.2, 0) is 4.79 Å². The Morgan fingerprint density at radius 2 is 2.00 bits per heavy atom. The zero-order valence-electron chi connectivity index (χ0n) is 15.8. The topological polar surface area (TPSA) is 61.4 Å². The van der Waals surface area contributed by atoms with E-state index in [1.54, 1.807) is 0 Å². The van der Waals surface area contributed by atoms with E-state index < -0.39 is 18.1 Å². The highest BCUT2D eigenvalue weighted by molar-refractivity contribution is 5.82. The predicted octanol–water partition coefficient (Wildman–Crippen LogP) is 2.52. The Morgan fingerprint density at radius 3 is 2.58 bits per heavy atom. The molecule has 0 saturated carbocycles. The molecule has 2 rings (SSSR count). The monoisotopic (exact) mass is 373 g/mol. The van der Waals surface area contributed by atoms with Gasteiger partial charge in [0, 0.05) is 44.0 Å². The van der Waals surface area contributed by atoms with Gasteiger partial charge in [0.05, 0.1) is 0 Å². The minimum Gasteiger partial charge on any atom is -0.354 e. The highest BCUT2D eigenvalue weighted by Gasteiger charge is 2.40. The largest absolute Gasteiger partial charge is 0.471 e. The summed E-state index contributed by atoms with van der Waals surface area (Å²) in [5, 5.41) is 2.10. The van der Waals surface area contributed by atoms with E-state index in [4.69, 9.17) is 0 Å². The number of rotatable bonds is 4. The Bertz CT molecular complexity index is 650. The van der Waals surface area contributed by atoms with Crippen LogP contribution in [0.5, 0.6) is 0 Å². The summed E-state index contributed by atoms with van der Waals surface area (Å²) >= 11 is 0. The standard InChI is InChI=1S/C17H26F3N5O/c1-10(2)24(5)16-21-12(4)7-14(23-16)25-8-11(3)6-13(9-25)22-15(26)17(18,19)20/h7,10-11,13H,6,8-9H2,1-5H3,(H,22,26). The van der Waals surface area contributed by atoms with Crippen LogP contribution in [0.1, 0.15) is 32.9 Å². The van der Waals surface area contributed by atoms with Crippen molar-refractivity contribution in [3.63, 3.8) is 0 Å². The molecular formula is C17H26F3N5O. The van der Waals surface area contributed by atoms with Crippen molar-refractivity contribution < 1.29 is 18.0 Å². The smallest absolute Gasteiger partial charge is 0.354 e. The van der Waals surface area contributed by atoms with Crippen molar-refractivity contribution in [1.82, 2.24) is 15.3 Å². The molecular weight excluding hydrogens is 347 g/mol. The second kappa shape index (κ2) is 7.67. The molecule has 0 spiro atoms. The maximum Gasteiger partial charge on any atom is 0.471 e. The lowest BCUT2D eigenvalue weighted by Crippen LogP contribution is -2.53. The summed E-state index contributed by atoms with van der Waals surface area (Å²) in [4.78, 5) is 24.1. The number of nitrogens with one attached hydrogen (secondary N) is 1. The zero-order valence-corrected chi connectivity index (χ0v) is 15.8. The number of halogens is 3. The van der Waals surface area contributed by atoms with E-state index in [-0.39, 0.29) is 18.5 Å². The van der Waals surface area contributed by atoms with Crippen LogP contribution in [0.2, 0.25) is 0 Å². The fourth-order valence-corrected chi connectivity index (χ4v) is 3.00. The van der Waals surface area contributed by atoms with Gasteiger partial charge in [0.25, 0.3) is 0 Å². The molecule has 9 heteroatoms. The number of amides is 1. The minimum atomic E-state index is -4.87. The number of aromatic nitrogens is 2. The predicted molar refractivity (Wildman–Crippen MR) is 94.3 cm³/mol. The Labute approximate surface area is 151 Å². The minimum absolute atomic E-state index is 0.129. The molecule has 146 valence electrons. The summed E-state index contributed by atoms with van der Waals surface area (Å²) < 4.78 is 37.6. The zero-order chi connectivity index (χ0) is 19.6. The van der Waals surface area contributed by atoms with Gasteiger partial charge >= 0.3 is 12.1 Å². The van der Waals surface area contributed by atoms with Gasteiger partial charge in [-0.05, 0) is 33.1 Å². The summed E-state index contributed by atoms with van der Waals surface area (Å²) in [6, 6.07) is 1.46. The van der Waals surface area contributed by atoms with Gasteiger partial charge in [-0.2, -0.15) is 18.2 Å². The van der Waals surface area contributed by atoms with Crippen LogP contribution in [-0.4, -0.2) is 54.3 Å². The molecule has 1 N–H and O–H groups in total. The maximum absolute atomic E-state index is 12.5. The first-order valence-electron chi connectivity index (χ1n) is 8.68. The highest BCUT2D eigenvalue weighted by atomic mass is 19.4. The molecule has 2 atom stereocenters. The lowest BCUT2D eigenvalue weighted by atomic mass is 9.96. The number of alkyl halides is 3. The third kappa shape index (κ3) is 4.98. The number of carbonyl (C=O) groups excluding carboxylic acids is 1. The molecule has 1 aliphatic heterocycles. The van der Waals surface area contributed by atoms with Gasteiger partial charge in [-0.1, -0.05) is 6.92 Å². The average molecular weight is 373 g/mol. The number of anilines is 2. The first-order chi connectivity index (χ1) is 12.0. The molecule has 0 aliphatic carbocycles. The van der Waals surface area contributed by atoms with Crippen molar-refractivity contribution in [3.05, 3.63) is 11.8 Å². The van der Waals surface area contributed by atoms with Crippen LogP contribution in [0, 0.1) is 12.8 Å². The Morgan fingerprint density at radius 1 is 1.35 bits per heavy atom. The van der Waals surface area contributed by atoms with Crippen molar-refractivity contribution in [2.75, 3.05) is 29.9 Å². The first-order valence-corrected chi connectivity index (χ1v) is 8.68. The van der Waals surface area contributed by atoms with E-state index in [0.717, 1.165) is 5.69 Å². The van der Waals surface area contributed by atoms with Crippen molar-refractivity contribution in [2.24, 2.45) is 5.92 Å². The van der Waals surface area contributed by atoms with Gasteiger partial charge in [-0.15, -0.1) is 0 Å². The fraction of sp³-hybridized carbons (Fsp3) is 0.706. The van der Waals surface area contributed by atoms with Gasteiger partial charge in [0.15, 0.2) is 0 Å². The van der Waals surface area contributed by atoms with Crippen molar-refractivity contribution in [1.29, 1.82) is 0 Å². The van der Waals surface area contributed by atoms with E-state index in [1.165, 1.54) is 0 Å². The van der Waals surface area contributed by atoms with Crippen LogP contribution < -0.4 is 15.1 Å². The number of aryl methyl sites for hydroxylation is 1. The van der Waals surface area contributed by atoms with E-state index in [1.807, 2.05) is 50.6 Å². The highest BCUT2D eigenvalue weighted by Crippen LogP contribution is 2.25. The molecule has 1 saturated heterocycles. The molecule has 1 amide bonds. The summed E-state index contributed by atoms with van der Waals surface area (Å²) in [7, 11) is 1.90. The Balaban J connectivity index is 2.21. The summed E-state index contributed by atoms with van der Waals surface area (Å²) in [6.45, 7) is 8.81. The summed E-state index contributed by atoms with van der Waals surface area (Å²) in [5.41, 5.74) is 0.784. The molecule has 0 bridgehead atoms. The molecule has 1 aromatic heterocycles. The normalized spacial score (nSPS) is 21.0. The molecule has 6 nitrogen and oxygen atoms in total. The third-order valence-electron chi connectivity index (χ3n) is 4.50. The molecule has 1 aliphatic rings. The van der Waals surface area contributed by atoms with Crippen LogP contribution in [0.25, 0.3) is 0 Å². The SMILES string of the molecule is Cc1cc(N2CC(C)CC(NC(=O)C(F)(F)F)C2)nc(N(C)C(C)C)n1. The lowest BCUT2D eigenvalue weighted by molar-refractivity contribution is -0.174. The molecule has 26 heavy (non-hydrogen) atoms. The molecule has 2 unspecified atom stereocenters. The fourth-order valence-electron chi connectivity index (χ4n) is 3.00. The number of hydrogen-bond donors (Lipinski definition) is 1. The Kier molecular flexibility index (Phi) is 5.98. The number of hydrogen-bond acceptors (Lipinski definition) is 5. The molecule has 1 aromatic rings. The van der Waals surface area contributed by atoms with Gasteiger partial charge in [0.2, 0.25) is 5.95 Å². The molecule has 1 fully saturated rings. The van der Waals surface area contributed by atoms with Crippen LogP contribution in [0.15, 0.2) is 6.07 Å². The number of nitrogens with zero attached hydrogens (tertiary/aromatic N) is 4. The van der Waals surface area contributed by atoms with E-state index >= 15 is 0 Å². The van der Waals surface area contributed by atoms with Gasteiger partial charge in [0.1, 0.15) is 5.82 Å². The molecule has 2 heterocycles. The third-order valence-corrected chi connectivity index (χ3v) is 4.50. The van der Waals surface area contributed by atoms with E-state index in [2.05, 4.69) is 15.3 Å². The van der Waals surface area contributed by atoms with E-state index in [0.29, 0.717) is 24.7 Å². The number of piperidine rings is 1. The lowest BCUT2D eigenvalue weighted by Gasteiger charge is -2.38. The first kappa shape index (κ1) is 20.3. The van der Waals surface area contributed by atoms with Crippen LogP contribution in [0.4, 0.5) is 24.9 Å². The maximum atomic E-state index is 12.5. The number of carbonyl (C=O) groups is 1. The van der Waals surface area contributed by atoms with Crippen LogP contribution in [0.3, 0.4) is 0 Å². The van der Waals surface area contributed by atoms with Gasteiger partial charge in [-0.25, -0.2) is 4.98 Å². The van der Waals surface area contributed by atoms with Gasteiger partial charge < -0.3 is 15.1 Å². The van der Waals surface area contributed by atoms with Gasteiger partial charge in [-0.3, -0.25) is 4.79 Å². The van der Waals surface area contributed by atoms with Crippen molar-refractivity contribution in [2.45, 2.75) is 52.4 Å². The second-order valence-electron chi connectivity index (χ2n) is 7.29.